The number of anilines is 3. The van der Waals surface area contributed by atoms with Gasteiger partial charge in [0.2, 0.25) is 5.88 Å². The number of nitrogens with zero attached hydrogens (tertiary/aromatic N) is 3. The fourth-order valence-electron chi connectivity index (χ4n) is 4.74. The van der Waals surface area contributed by atoms with Crippen molar-refractivity contribution in [3.05, 3.63) is 41.9 Å². The number of carbonyl (C=O) groups excluding carboxylic acids is 1. The maximum atomic E-state index is 13.2. The number of nitrogens with one attached hydrogen (secondary N) is 1. The molecule has 4 heterocycles. The summed E-state index contributed by atoms with van der Waals surface area (Å²) < 4.78 is 5.70. The molecular weight excluding hydrogens is 392 g/mol. The van der Waals surface area contributed by atoms with Gasteiger partial charge in [0.15, 0.2) is 5.58 Å². The van der Waals surface area contributed by atoms with Gasteiger partial charge in [0.1, 0.15) is 11.1 Å². The molecule has 8 heteroatoms. The van der Waals surface area contributed by atoms with Crippen molar-refractivity contribution in [1.29, 1.82) is 0 Å². The second-order valence-corrected chi connectivity index (χ2v) is 8.94. The number of nitrogen functional groups attached to an aromatic ring is 1. The van der Waals surface area contributed by atoms with Crippen LogP contribution in [0.2, 0.25) is 0 Å². The molecule has 0 aromatic carbocycles. The van der Waals surface area contributed by atoms with Gasteiger partial charge in [0, 0.05) is 31.5 Å². The van der Waals surface area contributed by atoms with E-state index in [9.17, 15) is 4.79 Å². The van der Waals surface area contributed by atoms with E-state index in [1.807, 2.05) is 18.3 Å². The van der Waals surface area contributed by atoms with Crippen LogP contribution in [0.15, 0.2) is 35.1 Å². The smallest absolute Gasteiger partial charge is 0.263 e. The highest BCUT2D eigenvalue weighted by molar-refractivity contribution is 6.15. The molecule has 1 amide bonds. The molecule has 0 radical (unpaired) electrons. The lowest BCUT2D eigenvalue weighted by Gasteiger charge is -2.37. The Morgan fingerprint density at radius 1 is 1.29 bits per heavy atom. The molecule has 0 spiro atoms. The number of piperidine rings is 1. The lowest BCUT2D eigenvalue weighted by molar-refractivity contribution is 0.102. The molecule has 162 valence electrons. The van der Waals surface area contributed by atoms with E-state index in [1.165, 1.54) is 19.3 Å². The van der Waals surface area contributed by atoms with Crippen molar-refractivity contribution in [2.24, 2.45) is 11.7 Å². The minimum atomic E-state index is -0.358. The first-order valence-electron chi connectivity index (χ1n) is 10.9. The number of carbonyl (C=O) groups is 1. The summed E-state index contributed by atoms with van der Waals surface area (Å²) in [6.07, 6.45) is 9.78. The molecule has 8 nitrogen and oxygen atoms in total. The Kier molecular flexibility index (Phi) is 5.02. The summed E-state index contributed by atoms with van der Waals surface area (Å²) in [5.74, 6) is 0.716. The van der Waals surface area contributed by atoms with Crippen molar-refractivity contribution in [3.63, 3.8) is 0 Å². The van der Waals surface area contributed by atoms with Gasteiger partial charge in [-0.3, -0.25) is 14.8 Å². The lowest BCUT2D eigenvalue weighted by Crippen LogP contribution is -2.46. The minimum absolute atomic E-state index is 0.0739. The third-order valence-electron chi connectivity index (χ3n) is 6.46. The summed E-state index contributed by atoms with van der Waals surface area (Å²) in [4.78, 5) is 24.1. The molecule has 2 fully saturated rings. The molecule has 1 saturated carbocycles. The summed E-state index contributed by atoms with van der Waals surface area (Å²) in [6, 6.07) is 3.97. The summed E-state index contributed by atoms with van der Waals surface area (Å²) in [7, 11) is 0. The number of hydrogen-bond donors (Lipinski definition) is 3. The highest BCUT2D eigenvalue weighted by atomic mass is 16.3. The van der Waals surface area contributed by atoms with E-state index in [1.54, 1.807) is 12.4 Å². The molecular formula is C23H28N6O2. The Labute approximate surface area is 181 Å². The number of hydrogen-bond acceptors (Lipinski definition) is 7. The summed E-state index contributed by atoms with van der Waals surface area (Å²) >= 11 is 0. The van der Waals surface area contributed by atoms with Crippen molar-refractivity contribution in [2.75, 3.05) is 29.0 Å². The van der Waals surface area contributed by atoms with Crippen molar-refractivity contribution in [2.45, 2.75) is 44.6 Å². The quantitative estimate of drug-likeness (QED) is 0.590. The predicted octanol–water partition coefficient (Wildman–Crippen LogP) is 3.50. The van der Waals surface area contributed by atoms with Crippen molar-refractivity contribution in [3.8, 4) is 0 Å². The second kappa shape index (κ2) is 7.85. The van der Waals surface area contributed by atoms with Gasteiger partial charge in [-0.25, -0.2) is 0 Å². The van der Waals surface area contributed by atoms with Crippen LogP contribution in [0.3, 0.4) is 0 Å². The highest BCUT2D eigenvalue weighted by Gasteiger charge is 2.27. The van der Waals surface area contributed by atoms with Crippen molar-refractivity contribution < 1.29 is 9.21 Å². The number of furan rings is 1. The monoisotopic (exact) mass is 420 g/mol. The van der Waals surface area contributed by atoms with Crippen LogP contribution in [0.5, 0.6) is 0 Å². The van der Waals surface area contributed by atoms with Crippen LogP contribution in [0, 0.1) is 5.92 Å². The van der Waals surface area contributed by atoms with Crippen LogP contribution in [-0.2, 0) is 0 Å². The molecule has 2 unspecified atom stereocenters. The fraction of sp³-hybridized carbons (Fsp3) is 0.435. The standard InChI is InChI=1S/C23H28N6O2/c1-13-7-16(24)12-29(11-13)18-5-6-26-10-17(18)28-23(30)20-21-19(31-22(20)25)8-15(9-27-21)14-3-2-4-14/h5-6,8-10,13-14,16H,2-4,7,11-12,24-25H2,1H3,(H,28,30). The number of amides is 1. The third-order valence-corrected chi connectivity index (χ3v) is 6.46. The topological polar surface area (TPSA) is 123 Å². The number of fused-ring (bicyclic) bond motifs is 1. The molecule has 5 N–H and O–H groups in total. The molecule has 0 bridgehead atoms. The molecule has 3 aromatic heterocycles. The molecule has 3 aromatic rings. The van der Waals surface area contributed by atoms with Gasteiger partial charge in [0.25, 0.3) is 5.91 Å². The molecule has 5 rings (SSSR count). The summed E-state index contributed by atoms with van der Waals surface area (Å²) in [5.41, 5.74) is 16.3. The summed E-state index contributed by atoms with van der Waals surface area (Å²) in [5, 5.41) is 2.97. The van der Waals surface area contributed by atoms with Gasteiger partial charge >= 0.3 is 0 Å². The molecule has 2 atom stereocenters. The number of nitrogens with two attached hydrogens (primary N) is 2. The number of aromatic nitrogens is 2. The van der Waals surface area contributed by atoms with E-state index in [4.69, 9.17) is 15.9 Å². The average molecular weight is 421 g/mol. The van der Waals surface area contributed by atoms with Crippen LogP contribution < -0.4 is 21.7 Å². The normalized spacial score (nSPS) is 21.8. The number of pyridine rings is 2. The van der Waals surface area contributed by atoms with Crippen LogP contribution in [-0.4, -0.2) is 35.0 Å². The summed E-state index contributed by atoms with van der Waals surface area (Å²) in [6.45, 7) is 3.80. The molecule has 1 saturated heterocycles. The SMILES string of the molecule is CC1CC(N)CN(c2ccncc2NC(=O)c2c(N)oc3cc(C4CCC4)cnc23)C1. The van der Waals surface area contributed by atoms with Crippen LogP contribution >= 0.6 is 0 Å². The fourth-order valence-corrected chi connectivity index (χ4v) is 4.74. The third kappa shape index (κ3) is 3.72. The molecule has 31 heavy (non-hydrogen) atoms. The Morgan fingerprint density at radius 3 is 2.87 bits per heavy atom. The Hall–Kier alpha value is -3.13. The highest BCUT2D eigenvalue weighted by Crippen LogP contribution is 2.38. The molecule has 2 aliphatic rings. The zero-order valence-corrected chi connectivity index (χ0v) is 17.7. The van der Waals surface area contributed by atoms with Crippen LogP contribution in [0.25, 0.3) is 11.1 Å². The number of rotatable bonds is 4. The van der Waals surface area contributed by atoms with E-state index in [0.29, 0.717) is 28.6 Å². The first-order valence-corrected chi connectivity index (χ1v) is 10.9. The van der Waals surface area contributed by atoms with E-state index in [-0.39, 0.29) is 23.4 Å². The lowest BCUT2D eigenvalue weighted by atomic mass is 9.81. The first-order chi connectivity index (χ1) is 15.0. The minimum Gasteiger partial charge on any atom is -0.438 e. The zero-order chi connectivity index (χ0) is 21.5. The second-order valence-electron chi connectivity index (χ2n) is 8.94. The van der Waals surface area contributed by atoms with Crippen LogP contribution in [0.1, 0.15) is 54.4 Å². The Bertz CT molecular complexity index is 1110. The zero-order valence-electron chi connectivity index (χ0n) is 17.7. The maximum absolute atomic E-state index is 13.2. The van der Waals surface area contributed by atoms with E-state index >= 15 is 0 Å². The van der Waals surface area contributed by atoms with Gasteiger partial charge in [-0.15, -0.1) is 0 Å². The van der Waals surface area contributed by atoms with Gasteiger partial charge in [-0.05, 0) is 48.8 Å². The molecule has 1 aliphatic heterocycles. The van der Waals surface area contributed by atoms with Crippen LogP contribution in [0.4, 0.5) is 17.3 Å². The van der Waals surface area contributed by atoms with E-state index in [0.717, 1.165) is 30.8 Å². The largest absolute Gasteiger partial charge is 0.438 e. The van der Waals surface area contributed by atoms with E-state index < -0.39 is 0 Å². The van der Waals surface area contributed by atoms with Crippen molar-refractivity contribution >= 4 is 34.3 Å². The maximum Gasteiger partial charge on any atom is 0.263 e. The van der Waals surface area contributed by atoms with E-state index in [2.05, 4.69) is 27.1 Å². The van der Waals surface area contributed by atoms with Crippen molar-refractivity contribution in [1.82, 2.24) is 9.97 Å². The van der Waals surface area contributed by atoms with Gasteiger partial charge in [-0.1, -0.05) is 13.3 Å². The average Bonchev–Trinajstić information content (AvgIpc) is 3.01. The van der Waals surface area contributed by atoms with Gasteiger partial charge < -0.3 is 26.1 Å². The van der Waals surface area contributed by atoms with Gasteiger partial charge in [-0.2, -0.15) is 0 Å². The molecule has 1 aliphatic carbocycles. The predicted molar refractivity (Wildman–Crippen MR) is 121 cm³/mol. The first kappa shape index (κ1) is 19.8. The Balaban J connectivity index is 1.43. The Morgan fingerprint density at radius 2 is 2.13 bits per heavy atom. The van der Waals surface area contributed by atoms with Gasteiger partial charge in [0.05, 0.1) is 17.6 Å².